The lowest BCUT2D eigenvalue weighted by Crippen LogP contribution is -2.34. The van der Waals surface area contributed by atoms with Crippen molar-refractivity contribution >= 4 is 34.3 Å². The number of nitrogens with one attached hydrogen (secondary N) is 2. The van der Waals surface area contributed by atoms with E-state index in [1.54, 1.807) is 49.4 Å². The highest BCUT2D eigenvalue weighted by molar-refractivity contribution is 5.99. The molecular formula is C19H17N3O5. The van der Waals surface area contributed by atoms with Gasteiger partial charge in [0, 0.05) is 18.7 Å². The van der Waals surface area contributed by atoms with Crippen molar-refractivity contribution in [3.63, 3.8) is 0 Å². The van der Waals surface area contributed by atoms with Gasteiger partial charge in [-0.1, -0.05) is 12.1 Å². The molecule has 138 valence electrons. The van der Waals surface area contributed by atoms with Crippen LogP contribution in [0.25, 0.3) is 11.1 Å². The number of amides is 2. The van der Waals surface area contributed by atoms with Crippen LogP contribution in [-0.4, -0.2) is 22.5 Å². The maximum absolute atomic E-state index is 12.3. The maximum atomic E-state index is 12.3. The molecule has 27 heavy (non-hydrogen) atoms. The molecule has 0 saturated heterocycles. The molecule has 3 aromatic rings. The van der Waals surface area contributed by atoms with Crippen molar-refractivity contribution in [1.82, 2.24) is 4.57 Å². The molecule has 2 N–H and O–H groups in total. The van der Waals surface area contributed by atoms with Crippen LogP contribution in [0.5, 0.6) is 5.75 Å². The van der Waals surface area contributed by atoms with Gasteiger partial charge in [0.05, 0.1) is 11.2 Å². The van der Waals surface area contributed by atoms with Crippen molar-refractivity contribution in [3.05, 3.63) is 53.0 Å². The summed E-state index contributed by atoms with van der Waals surface area (Å²) in [7, 11) is 0. The van der Waals surface area contributed by atoms with Gasteiger partial charge in [-0.05, 0) is 37.3 Å². The predicted octanol–water partition coefficient (Wildman–Crippen LogP) is 2.34. The second-order valence-corrected chi connectivity index (χ2v) is 6.25. The fraction of sp³-hybridized carbons (Fsp3) is 0.211. The fourth-order valence-corrected chi connectivity index (χ4v) is 2.95. The van der Waals surface area contributed by atoms with E-state index in [4.69, 9.17) is 9.15 Å². The number of anilines is 2. The average molecular weight is 367 g/mol. The van der Waals surface area contributed by atoms with Crippen LogP contribution < -0.4 is 21.1 Å². The SMILES string of the molecule is C[C@@H]1Oc2ccc(NC(=O)CCn3c(=O)oc4ccccc43)cc2NC1=O. The summed E-state index contributed by atoms with van der Waals surface area (Å²) in [5, 5.41) is 5.49. The minimum atomic E-state index is -0.555. The lowest BCUT2D eigenvalue weighted by atomic mass is 10.2. The Kier molecular flexibility index (Phi) is 4.15. The third-order valence-electron chi connectivity index (χ3n) is 4.33. The Morgan fingerprint density at radius 1 is 1.22 bits per heavy atom. The van der Waals surface area contributed by atoms with E-state index in [0.29, 0.717) is 28.2 Å². The highest BCUT2D eigenvalue weighted by Gasteiger charge is 2.23. The lowest BCUT2D eigenvalue weighted by molar-refractivity contribution is -0.122. The number of oxazole rings is 1. The monoisotopic (exact) mass is 367 g/mol. The summed E-state index contributed by atoms with van der Waals surface area (Å²) in [6.07, 6.45) is -0.457. The zero-order valence-electron chi connectivity index (χ0n) is 14.5. The number of hydrogen-bond donors (Lipinski definition) is 2. The predicted molar refractivity (Wildman–Crippen MR) is 98.9 cm³/mol. The van der Waals surface area contributed by atoms with Gasteiger partial charge in [0.1, 0.15) is 5.75 Å². The van der Waals surface area contributed by atoms with E-state index >= 15 is 0 Å². The molecule has 0 aliphatic carbocycles. The van der Waals surface area contributed by atoms with E-state index in [1.165, 1.54) is 4.57 Å². The molecule has 2 amide bonds. The minimum absolute atomic E-state index is 0.0976. The van der Waals surface area contributed by atoms with Crippen molar-refractivity contribution in [2.24, 2.45) is 0 Å². The van der Waals surface area contributed by atoms with Crippen LogP contribution >= 0.6 is 0 Å². The van der Waals surface area contributed by atoms with E-state index < -0.39 is 11.9 Å². The first kappa shape index (κ1) is 16.9. The highest BCUT2D eigenvalue weighted by atomic mass is 16.5. The molecule has 8 nitrogen and oxygen atoms in total. The molecule has 2 heterocycles. The van der Waals surface area contributed by atoms with Crippen molar-refractivity contribution < 1.29 is 18.7 Å². The number of nitrogens with zero attached hydrogens (tertiary/aromatic N) is 1. The number of rotatable bonds is 4. The summed E-state index contributed by atoms with van der Waals surface area (Å²) in [5.41, 5.74) is 2.18. The molecule has 0 bridgehead atoms. The quantitative estimate of drug-likeness (QED) is 0.737. The molecule has 0 saturated carbocycles. The number of carbonyl (C=O) groups excluding carboxylic acids is 2. The third kappa shape index (κ3) is 3.29. The minimum Gasteiger partial charge on any atom is -0.479 e. The number of hydrogen-bond acceptors (Lipinski definition) is 5. The number of aromatic nitrogens is 1. The van der Waals surface area contributed by atoms with E-state index in [9.17, 15) is 14.4 Å². The van der Waals surface area contributed by atoms with Gasteiger partial charge >= 0.3 is 5.76 Å². The van der Waals surface area contributed by atoms with Crippen molar-refractivity contribution in [2.45, 2.75) is 26.0 Å². The Hall–Kier alpha value is -3.55. The molecule has 4 rings (SSSR count). The molecule has 8 heteroatoms. The summed E-state index contributed by atoms with van der Waals surface area (Å²) in [6.45, 7) is 1.86. The Bertz CT molecular complexity index is 1100. The first-order chi connectivity index (χ1) is 13.0. The summed E-state index contributed by atoms with van der Waals surface area (Å²) in [4.78, 5) is 35.9. The van der Waals surface area contributed by atoms with Crippen LogP contribution in [0.1, 0.15) is 13.3 Å². The first-order valence-electron chi connectivity index (χ1n) is 8.51. The van der Waals surface area contributed by atoms with Crippen molar-refractivity contribution in [3.8, 4) is 5.75 Å². The number of aryl methyl sites for hydroxylation is 1. The van der Waals surface area contributed by atoms with Crippen LogP contribution in [-0.2, 0) is 16.1 Å². The highest BCUT2D eigenvalue weighted by Crippen LogP contribution is 2.32. The lowest BCUT2D eigenvalue weighted by Gasteiger charge is -2.23. The smallest absolute Gasteiger partial charge is 0.419 e. The third-order valence-corrected chi connectivity index (χ3v) is 4.33. The first-order valence-corrected chi connectivity index (χ1v) is 8.51. The van der Waals surface area contributed by atoms with Gasteiger partial charge in [0.25, 0.3) is 5.91 Å². The van der Waals surface area contributed by atoms with Crippen LogP contribution in [0.15, 0.2) is 51.7 Å². The zero-order chi connectivity index (χ0) is 19.0. The van der Waals surface area contributed by atoms with E-state index in [2.05, 4.69) is 10.6 Å². The molecule has 1 atom stereocenters. The maximum Gasteiger partial charge on any atom is 0.419 e. The number of para-hydroxylation sites is 2. The van der Waals surface area contributed by atoms with Gasteiger partial charge in [-0.3, -0.25) is 14.2 Å². The zero-order valence-corrected chi connectivity index (χ0v) is 14.5. The number of carbonyl (C=O) groups is 2. The van der Waals surface area contributed by atoms with Gasteiger partial charge < -0.3 is 19.8 Å². The van der Waals surface area contributed by atoms with Crippen LogP contribution in [0.4, 0.5) is 11.4 Å². The molecule has 0 fully saturated rings. The standard InChI is InChI=1S/C19H17N3O5/c1-11-18(24)21-13-10-12(6-7-15(13)26-11)20-17(23)8-9-22-14-4-2-3-5-16(14)27-19(22)25/h2-7,10-11H,8-9H2,1H3,(H,20,23)(H,21,24)/t11-/m0/s1. The number of benzene rings is 2. The molecular weight excluding hydrogens is 350 g/mol. The van der Waals surface area contributed by atoms with Crippen LogP contribution in [0.3, 0.4) is 0 Å². The van der Waals surface area contributed by atoms with Gasteiger partial charge in [-0.25, -0.2) is 4.79 Å². The van der Waals surface area contributed by atoms with Gasteiger partial charge in [-0.15, -0.1) is 0 Å². The van der Waals surface area contributed by atoms with Crippen molar-refractivity contribution in [1.29, 1.82) is 0 Å². The number of ether oxygens (including phenoxy) is 1. The summed E-state index contributed by atoms with van der Waals surface area (Å²) < 4.78 is 12.1. The normalized spacial score (nSPS) is 15.7. The van der Waals surface area contributed by atoms with Crippen LogP contribution in [0.2, 0.25) is 0 Å². The summed E-state index contributed by atoms with van der Waals surface area (Å²) in [5.74, 6) is -0.441. The Morgan fingerprint density at radius 3 is 2.89 bits per heavy atom. The fourth-order valence-electron chi connectivity index (χ4n) is 2.95. The second-order valence-electron chi connectivity index (χ2n) is 6.25. The molecule has 0 unspecified atom stereocenters. The molecule has 0 radical (unpaired) electrons. The molecule has 2 aromatic carbocycles. The topological polar surface area (TPSA) is 103 Å². The Morgan fingerprint density at radius 2 is 2.04 bits per heavy atom. The van der Waals surface area contributed by atoms with Gasteiger partial charge in [0.2, 0.25) is 5.91 Å². The Labute approximate surface area is 153 Å². The van der Waals surface area contributed by atoms with Gasteiger partial charge in [-0.2, -0.15) is 0 Å². The molecule has 1 aromatic heterocycles. The Balaban J connectivity index is 1.44. The van der Waals surface area contributed by atoms with E-state index in [0.717, 1.165) is 0 Å². The molecule has 1 aliphatic rings. The van der Waals surface area contributed by atoms with Crippen molar-refractivity contribution in [2.75, 3.05) is 10.6 Å². The van der Waals surface area contributed by atoms with E-state index in [1.807, 2.05) is 0 Å². The van der Waals surface area contributed by atoms with E-state index in [-0.39, 0.29) is 24.8 Å². The second kappa shape index (κ2) is 6.64. The number of fused-ring (bicyclic) bond motifs is 2. The largest absolute Gasteiger partial charge is 0.479 e. The average Bonchev–Trinajstić information content (AvgIpc) is 2.96. The molecule has 0 spiro atoms. The molecule has 1 aliphatic heterocycles. The summed E-state index contributed by atoms with van der Waals surface area (Å²) >= 11 is 0. The van der Waals surface area contributed by atoms with Crippen LogP contribution in [0, 0.1) is 0 Å². The van der Waals surface area contributed by atoms with Gasteiger partial charge in [0.15, 0.2) is 11.7 Å². The summed E-state index contributed by atoms with van der Waals surface area (Å²) in [6, 6.07) is 12.1.